The number of likely N-dealkylation sites (tertiary alicyclic amines) is 1. The van der Waals surface area contributed by atoms with Gasteiger partial charge in [0.25, 0.3) is 0 Å². The van der Waals surface area contributed by atoms with Gasteiger partial charge >= 0.3 is 12.1 Å². The van der Waals surface area contributed by atoms with Crippen LogP contribution >= 0.6 is 0 Å². The molecule has 0 saturated carbocycles. The van der Waals surface area contributed by atoms with Crippen LogP contribution < -0.4 is 0 Å². The van der Waals surface area contributed by atoms with Gasteiger partial charge in [-0.25, -0.2) is 18.4 Å². The van der Waals surface area contributed by atoms with Gasteiger partial charge in [0.1, 0.15) is 11.6 Å². The summed E-state index contributed by atoms with van der Waals surface area (Å²) in [7, 11) is 1.22. The van der Waals surface area contributed by atoms with E-state index in [2.05, 4.69) is 4.74 Å². The maximum atomic E-state index is 13.9. The molecule has 5 nitrogen and oxygen atoms in total. The number of carbonyl (C=O) groups excluding carboxylic acids is 1. The van der Waals surface area contributed by atoms with Crippen molar-refractivity contribution >= 4 is 12.1 Å². The first kappa shape index (κ1) is 15.9. The smallest absolute Gasteiger partial charge is 0.408 e. The van der Waals surface area contributed by atoms with Gasteiger partial charge in [-0.2, -0.15) is 0 Å². The van der Waals surface area contributed by atoms with E-state index in [1.807, 2.05) is 0 Å². The van der Waals surface area contributed by atoms with Crippen LogP contribution in [0.5, 0.6) is 0 Å². The van der Waals surface area contributed by atoms with Crippen molar-refractivity contribution in [2.24, 2.45) is 0 Å². The molecule has 2 atom stereocenters. The van der Waals surface area contributed by atoms with Crippen molar-refractivity contribution in [3.05, 3.63) is 47.5 Å². The van der Waals surface area contributed by atoms with Gasteiger partial charge < -0.3 is 9.84 Å². The van der Waals surface area contributed by atoms with Crippen molar-refractivity contribution in [3.8, 4) is 0 Å². The molecule has 2 rings (SSSR count). The van der Waals surface area contributed by atoms with Gasteiger partial charge in [-0.3, -0.25) is 4.90 Å². The highest BCUT2D eigenvalue weighted by molar-refractivity contribution is 5.82. The third kappa shape index (κ3) is 3.24. The number of hydrogen-bond acceptors (Lipinski definition) is 3. The Labute approximate surface area is 125 Å². The number of carbonyl (C=O) groups is 2. The zero-order valence-corrected chi connectivity index (χ0v) is 11.8. The Morgan fingerprint density at radius 3 is 2.68 bits per heavy atom. The van der Waals surface area contributed by atoms with Crippen LogP contribution in [-0.4, -0.2) is 35.2 Å². The molecule has 22 heavy (non-hydrogen) atoms. The summed E-state index contributed by atoms with van der Waals surface area (Å²) in [6.45, 7) is 0. The molecule has 1 aromatic rings. The third-order valence-electron chi connectivity index (χ3n) is 3.63. The molecule has 118 valence electrons. The molecule has 1 N–H and O–H groups in total. The molecule has 1 fully saturated rings. The lowest BCUT2D eigenvalue weighted by atomic mass is 10.0. The van der Waals surface area contributed by atoms with Gasteiger partial charge in [0, 0.05) is 17.7 Å². The van der Waals surface area contributed by atoms with E-state index in [0.717, 1.165) is 23.1 Å². The summed E-state index contributed by atoms with van der Waals surface area (Å²) in [6.07, 6.45) is 2.14. The zero-order valence-electron chi connectivity index (χ0n) is 11.8. The average Bonchev–Trinajstić information content (AvgIpc) is 2.88. The van der Waals surface area contributed by atoms with E-state index >= 15 is 0 Å². The molecule has 0 bridgehead atoms. The first-order valence-electron chi connectivity index (χ1n) is 6.66. The molecule has 7 heteroatoms. The lowest BCUT2D eigenvalue weighted by molar-refractivity contribution is -0.134. The summed E-state index contributed by atoms with van der Waals surface area (Å²) < 4.78 is 31.3. The van der Waals surface area contributed by atoms with Crippen LogP contribution in [0.1, 0.15) is 24.4 Å². The predicted octanol–water partition coefficient (Wildman–Crippen LogP) is 2.88. The molecule has 0 aliphatic carbocycles. The number of amides is 1. The summed E-state index contributed by atoms with van der Waals surface area (Å²) in [6, 6.07) is 1.79. The summed E-state index contributed by atoms with van der Waals surface area (Å²) in [5.74, 6) is -2.10. The third-order valence-corrected chi connectivity index (χ3v) is 3.63. The number of esters is 1. The molecule has 1 aliphatic rings. The first-order chi connectivity index (χ1) is 10.4. The number of ether oxygens (including phenoxy) is 1. The van der Waals surface area contributed by atoms with E-state index in [4.69, 9.17) is 0 Å². The largest absolute Gasteiger partial charge is 0.466 e. The van der Waals surface area contributed by atoms with Gasteiger partial charge in [-0.1, -0.05) is 12.1 Å². The molecule has 1 amide bonds. The Morgan fingerprint density at radius 1 is 1.36 bits per heavy atom. The number of rotatable bonds is 3. The molecule has 1 heterocycles. The second-order valence-electron chi connectivity index (χ2n) is 4.90. The van der Waals surface area contributed by atoms with Crippen LogP contribution in [0.15, 0.2) is 30.4 Å². The molecule has 0 unspecified atom stereocenters. The number of halogens is 2. The standard InChI is InChI=1S/C15H15F2NO4/c1-22-14(19)7-4-10-3-6-13(18(10)15(20)21)11-5-2-9(16)8-12(11)17/h2,4-5,7-8,10,13H,3,6H2,1H3,(H,20,21)/t10-,13+/m1/s1. The number of hydrogen-bond donors (Lipinski definition) is 1. The predicted molar refractivity (Wildman–Crippen MR) is 73.1 cm³/mol. The summed E-state index contributed by atoms with van der Waals surface area (Å²) in [5.41, 5.74) is 0.123. The van der Waals surface area contributed by atoms with Crippen molar-refractivity contribution in [1.82, 2.24) is 4.90 Å². The Kier molecular flexibility index (Phi) is 4.75. The SMILES string of the molecule is COC(=O)C=C[C@H]1CC[C@@H](c2ccc(F)cc2F)N1C(=O)O. The summed E-state index contributed by atoms with van der Waals surface area (Å²) in [5, 5.41) is 9.36. The highest BCUT2D eigenvalue weighted by atomic mass is 19.1. The highest BCUT2D eigenvalue weighted by Crippen LogP contribution is 2.37. The Balaban J connectivity index is 2.28. The Hall–Kier alpha value is -2.44. The monoisotopic (exact) mass is 311 g/mol. The van der Waals surface area contributed by atoms with Crippen molar-refractivity contribution in [3.63, 3.8) is 0 Å². The van der Waals surface area contributed by atoms with Crippen LogP contribution in [0.4, 0.5) is 13.6 Å². The minimum atomic E-state index is -1.23. The molecule has 0 radical (unpaired) electrons. The van der Waals surface area contributed by atoms with Gasteiger partial charge in [-0.15, -0.1) is 0 Å². The van der Waals surface area contributed by atoms with E-state index in [-0.39, 0.29) is 5.56 Å². The summed E-state index contributed by atoms with van der Waals surface area (Å²) >= 11 is 0. The van der Waals surface area contributed by atoms with Crippen LogP contribution in [-0.2, 0) is 9.53 Å². The van der Waals surface area contributed by atoms with Crippen molar-refractivity contribution in [2.75, 3.05) is 7.11 Å². The quantitative estimate of drug-likeness (QED) is 0.688. The van der Waals surface area contributed by atoms with E-state index in [9.17, 15) is 23.5 Å². The number of carboxylic acid groups (broad SMARTS) is 1. The zero-order chi connectivity index (χ0) is 16.3. The van der Waals surface area contributed by atoms with E-state index < -0.39 is 35.8 Å². The first-order valence-corrected chi connectivity index (χ1v) is 6.66. The van der Waals surface area contributed by atoms with Crippen LogP contribution in [0.25, 0.3) is 0 Å². The Morgan fingerprint density at radius 2 is 2.09 bits per heavy atom. The molecule has 1 aromatic carbocycles. The minimum Gasteiger partial charge on any atom is -0.466 e. The number of methoxy groups -OCH3 is 1. The van der Waals surface area contributed by atoms with E-state index in [1.54, 1.807) is 0 Å². The lowest BCUT2D eigenvalue weighted by Crippen LogP contribution is -2.35. The number of benzene rings is 1. The molecule has 1 saturated heterocycles. The Bertz CT molecular complexity index is 618. The van der Waals surface area contributed by atoms with Gasteiger partial charge in [0.15, 0.2) is 0 Å². The molecular formula is C15H15F2NO4. The highest BCUT2D eigenvalue weighted by Gasteiger charge is 2.37. The van der Waals surface area contributed by atoms with Crippen LogP contribution in [0.2, 0.25) is 0 Å². The fourth-order valence-corrected chi connectivity index (χ4v) is 2.64. The topological polar surface area (TPSA) is 66.8 Å². The maximum absolute atomic E-state index is 13.9. The fourth-order valence-electron chi connectivity index (χ4n) is 2.64. The van der Waals surface area contributed by atoms with E-state index in [0.29, 0.717) is 12.8 Å². The fraction of sp³-hybridized carbons (Fsp3) is 0.333. The van der Waals surface area contributed by atoms with Crippen molar-refractivity contribution in [1.29, 1.82) is 0 Å². The maximum Gasteiger partial charge on any atom is 0.408 e. The van der Waals surface area contributed by atoms with Crippen molar-refractivity contribution < 1.29 is 28.2 Å². The molecule has 1 aliphatic heterocycles. The molecular weight excluding hydrogens is 296 g/mol. The van der Waals surface area contributed by atoms with Crippen LogP contribution in [0, 0.1) is 11.6 Å². The number of nitrogens with zero attached hydrogens (tertiary/aromatic N) is 1. The minimum absolute atomic E-state index is 0.123. The van der Waals surface area contributed by atoms with Crippen LogP contribution in [0.3, 0.4) is 0 Å². The molecule has 0 aromatic heterocycles. The molecule has 0 spiro atoms. The van der Waals surface area contributed by atoms with Crippen molar-refractivity contribution in [2.45, 2.75) is 24.9 Å². The summed E-state index contributed by atoms with van der Waals surface area (Å²) in [4.78, 5) is 23.6. The van der Waals surface area contributed by atoms with Gasteiger partial charge in [0.2, 0.25) is 0 Å². The van der Waals surface area contributed by atoms with E-state index in [1.165, 1.54) is 19.3 Å². The van der Waals surface area contributed by atoms with Gasteiger partial charge in [0.05, 0.1) is 19.2 Å². The normalized spacial score (nSPS) is 21.3. The lowest BCUT2D eigenvalue weighted by Gasteiger charge is -2.26. The van der Waals surface area contributed by atoms with Gasteiger partial charge in [-0.05, 0) is 18.9 Å². The second kappa shape index (κ2) is 6.55. The average molecular weight is 311 g/mol. The second-order valence-corrected chi connectivity index (χ2v) is 4.90.